The zero-order valence-electron chi connectivity index (χ0n) is 15.8. The lowest BCUT2D eigenvalue weighted by Gasteiger charge is -2.18. The van der Waals surface area contributed by atoms with Crippen molar-refractivity contribution in [3.05, 3.63) is 74.5 Å². The average Bonchev–Trinajstić information content (AvgIpc) is 3.17. The van der Waals surface area contributed by atoms with Gasteiger partial charge in [0.25, 0.3) is 0 Å². The second kappa shape index (κ2) is 8.01. The maximum atomic E-state index is 13.9. The van der Waals surface area contributed by atoms with Crippen LogP contribution < -0.4 is 10.5 Å². The molecule has 0 radical (unpaired) electrons. The van der Waals surface area contributed by atoms with E-state index in [2.05, 4.69) is 9.97 Å². The molecule has 2 N–H and O–H groups in total. The van der Waals surface area contributed by atoms with Gasteiger partial charge in [-0.1, -0.05) is 23.2 Å². The molecule has 1 aromatic carbocycles. The number of nitrogens with two attached hydrogens (primary N) is 1. The SMILES string of the molecule is C[C@@H](Oc1c(N)ncc2c(-c3ccc([N+](=O)[O-])nc3)coc12)c1c(Cl)ccc(F)c1Cl. The van der Waals surface area contributed by atoms with Crippen molar-refractivity contribution in [3.8, 4) is 16.9 Å². The molecule has 0 aliphatic carbocycles. The highest BCUT2D eigenvalue weighted by atomic mass is 35.5. The van der Waals surface area contributed by atoms with E-state index in [-0.39, 0.29) is 38.6 Å². The van der Waals surface area contributed by atoms with Crippen molar-refractivity contribution in [2.24, 2.45) is 0 Å². The number of hydrogen-bond donors (Lipinski definition) is 1. The van der Waals surface area contributed by atoms with Crippen molar-refractivity contribution in [2.45, 2.75) is 13.0 Å². The number of nitro groups is 1. The van der Waals surface area contributed by atoms with Gasteiger partial charge in [0.15, 0.2) is 11.4 Å². The van der Waals surface area contributed by atoms with Crippen LogP contribution in [0.4, 0.5) is 16.0 Å². The van der Waals surface area contributed by atoms with Crippen molar-refractivity contribution in [2.75, 3.05) is 5.73 Å². The van der Waals surface area contributed by atoms with Crippen LogP contribution in [0.15, 0.2) is 47.3 Å². The molecule has 8 nitrogen and oxygen atoms in total. The number of pyridine rings is 2. The Hall–Kier alpha value is -3.43. The minimum atomic E-state index is -0.778. The molecule has 0 unspecified atom stereocenters. The van der Waals surface area contributed by atoms with E-state index in [1.165, 1.54) is 30.8 Å². The molecule has 0 aliphatic rings. The molecule has 0 fully saturated rings. The highest BCUT2D eigenvalue weighted by molar-refractivity contribution is 6.36. The summed E-state index contributed by atoms with van der Waals surface area (Å²) in [6.45, 7) is 1.63. The van der Waals surface area contributed by atoms with Crippen LogP contribution in [0.1, 0.15) is 18.6 Å². The Morgan fingerprint density at radius 1 is 1.23 bits per heavy atom. The van der Waals surface area contributed by atoms with E-state index in [9.17, 15) is 14.5 Å². The maximum absolute atomic E-state index is 13.9. The Morgan fingerprint density at radius 2 is 2.00 bits per heavy atom. The van der Waals surface area contributed by atoms with E-state index in [1.807, 2.05) is 0 Å². The molecule has 31 heavy (non-hydrogen) atoms. The molecule has 3 aromatic heterocycles. The molecule has 0 saturated carbocycles. The Morgan fingerprint density at radius 3 is 2.68 bits per heavy atom. The average molecular weight is 463 g/mol. The van der Waals surface area contributed by atoms with Gasteiger partial charge >= 0.3 is 5.82 Å². The molecule has 1 atom stereocenters. The van der Waals surface area contributed by atoms with Crippen LogP contribution in [0.2, 0.25) is 10.0 Å². The zero-order valence-corrected chi connectivity index (χ0v) is 17.3. The van der Waals surface area contributed by atoms with E-state index in [1.54, 1.807) is 13.0 Å². The minimum Gasteiger partial charge on any atom is -0.478 e. The normalized spacial score (nSPS) is 12.1. The predicted octanol–water partition coefficient (Wildman–Crippen LogP) is 5.97. The number of rotatable bonds is 5. The van der Waals surface area contributed by atoms with Gasteiger partial charge in [0.2, 0.25) is 5.75 Å². The van der Waals surface area contributed by atoms with Gasteiger partial charge in [-0.15, -0.1) is 0 Å². The summed E-state index contributed by atoms with van der Waals surface area (Å²) in [5, 5.41) is 11.4. The Labute approximate surface area is 184 Å². The van der Waals surface area contributed by atoms with E-state index in [4.69, 9.17) is 38.1 Å². The minimum absolute atomic E-state index is 0.0470. The third kappa shape index (κ3) is 3.73. The van der Waals surface area contributed by atoms with E-state index < -0.39 is 16.8 Å². The highest BCUT2D eigenvalue weighted by Crippen LogP contribution is 2.41. The topological polar surface area (TPSA) is 117 Å². The molecule has 11 heteroatoms. The van der Waals surface area contributed by atoms with Gasteiger partial charge in [0.05, 0.1) is 10.4 Å². The largest absolute Gasteiger partial charge is 0.478 e. The summed E-state index contributed by atoms with van der Waals surface area (Å²) in [6, 6.07) is 5.37. The van der Waals surface area contributed by atoms with Gasteiger partial charge in [0.1, 0.15) is 24.4 Å². The number of nitrogens with zero attached hydrogens (tertiary/aromatic N) is 3. The number of ether oxygens (including phenoxy) is 1. The van der Waals surface area contributed by atoms with Crippen LogP contribution in [0, 0.1) is 15.9 Å². The summed E-state index contributed by atoms with van der Waals surface area (Å²) in [5.41, 5.74) is 7.70. The van der Waals surface area contributed by atoms with Gasteiger partial charge in [-0.2, -0.15) is 0 Å². The Kier molecular flexibility index (Phi) is 5.38. The monoisotopic (exact) mass is 462 g/mol. The molecule has 3 heterocycles. The van der Waals surface area contributed by atoms with Crippen LogP contribution in [-0.2, 0) is 0 Å². The molecule has 0 spiro atoms. The lowest BCUT2D eigenvalue weighted by Crippen LogP contribution is -2.08. The van der Waals surface area contributed by atoms with Crippen LogP contribution >= 0.6 is 23.2 Å². The summed E-state index contributed by atoms with van der Waals surface area (Å²) < 4.78 is 25.5. The van der Waals surface area contributed by atoms with Crippen LogP contribution in [0.3, 0.4) is 0 Å². The smallest absolute Gasteiger partial charge is 0.363 e. The summed E-state index contributed by atoms with van der Waals surface area (Å²) in [4.78, 5) is 18.2. The maximum Gasteiger partial charge on any atom is 0.363 e. The number of nitrogen functional groups attached to an aromatic ring is 1. The van der Waals surface area contributed by atoms with Crippen LogP contribution in [-0.4, -0.2) is 14.9 Å². The van der Waals surface area contributed by atoms with Gasteiger partial charge < -0.3 is 25.0 Å². The van der Waals surface area contributed by atoms with Gasteiger partial charge in [0, 0.05) is 34.0 Å². The van der Waals surface area contributed by atoms with Gasteiger partial charge in [-0.25, -0.2) is 9.37 Å². The molecule has 4 rings (SSSR count). The number of anilines is 1. The second-order valence-corrected chi connectivity index (χ2v) is 7.33. The van der Waals surface area contributed by atoms with Crippen molar-refractivity contribution in [1.29, 1.82) is 0 Å². The standard InChI is InChI=1S/C20H13Cl2FN4O4/c1-9(16-13(21)3-4-14(23)17(16)22)31-19-18-11(7-26-20(19)24)12(8-30-18)10-2-5-15(25-6-10)27(28)29/h2-9H,1H3,(H2,24,26)/t9-/m1/s1. The van der Waals surface area contributed by atoms with Crippen molar-refractivity contribution in [3.63, 3.8) is 0 Å². The molecular weight excluding hydrogens is 450 g/mol. The second-order valence-electron chi connectivity index (χ2n) is 6.54. The predicted molar refractivity (Wildman–Crippen MR) is 114 cm³/mol. The van der Waals surface area contributed by atoms with Crippen LogP contribution in [0.25, 0.3) is 22.1 Å². The molecule has 0 aliphatic heterocycles. The third-order valence-electron chi connectivity index (χ3n) is 4.63. The van der Waals surface area contributed by atoms with E-state index in [0.29, 0.717) is 16.5 Å². The zero-order chi connectivity index (χ0) is 22.3. The Balaban J connectivity index is 1.75. The fourth-order valence-electron chi connectivity index (χ4n) is 3.12. The number of aromatic nitrogens is 2. The fraction of sp³-hybridized carbons (Fsp3) is 0.100. The first kappa shape index (κ1) is 20.8. The number of furan rings is 1. The van der Waals surface area contributed by atoms with Crippen molar-refractivity contribution >= 4 is 45.8 Å². The molecular formula is C20H13Cl2FN4O4. The summed E-state index contributed by atoms with van der Waals surface area (Å²) in [6.07, 6.45) is 3.51. The van der Waals surface area contributed by atoms with Crippen LogP contribution in [0.5, 0.6) is 5.75 Å². The fourth-order valence-corrected chi connectivity index (χ4v) is 3.80. The number of halogens is 3. The molecule has 0 amide bonds. The third-order valence-corrected chi connectivity index (χ3v) is 5.34. The van der Waals surface area contributed by atoms with E-state index >= 15 is 0 Å². The molecule has 158 valence electrons. The molecule has 0 saturated heterocycles. The van der Waals surface area contributed by atoms with Gasteiger partial charge in [-0.3, -0.25) is 0 Å². The first-order chi connectivity index (χ1) is 14.8. The highest BCUT2D eigenvalue weighted by Gasteiger charge is 2.23. The lowest BCUT2D eigenvalue weighted by atomic mass is 10.1. The van der Waals surface area contributed by atoms with Crippen molar-refractivity contribution in [1.82, 2.24) is 9.97 Å². The first-order valence-corrected chi connectivity index (χ1v) is 9.60. The van der Waals surface area contributed by atoms with E-state index in [0.717, 1.165) is 6.07 Å². The summed E-state index contributed by atoms with van der Waals surface area (Å²) >= 11 is 12.3. The summed E-state index contributed by atoms with van der Waals surface area (Å²) in [5.74, 6) is -0.736. The molecule has 0 bridgehead atoms. The molecule has 4 aromatic rings. The quantitative estimate of drug-likeness (QED) is 0.220. The van der Waals surface area contributed by atoms with Gasteiger partial charge in [-0.05, 0) is 35.0 Å². The number of fused-ring (bicyclic) bond motifs is 1. The number of hydrogen-bond acceptors (Lipinski definition) is 7. The first-order valence-electron chi connectivity index (χ1n) is 8.84. The summed E-state index contributed by atoms with van der Waals surface area (Å²) in [7, 11) is 0. The lowest BCUT2D eigenvalue weighted by molar-refractivity contribution is -0.389. The van der Waals surface area contributed by atoms with Crippen molar-refractivity contribution < 1.29 is 18.5 Å². The Bertz CT molecular complexity index is 1310. The number of benzene rings is 1.